The average Bonchev–Trinajstić information content (AvgIpc) is 2.92. The molecule has 0 spiro atoms. The maximum Gasteiger partial charge on any atom is 0.144 e. The third kappa shape index (κ3) is 2.75. The molecule has 1 aromatic rings. The summed E-state index contributed by atoms with van der Waals surface area (Å²) >= 11 is 5.93. The number of benzene rings is 1. The molecule has 1 aliphatic carbocycles. The normalized spacial score (nSPS) is 30.0. The van der Waals surface area contributed by atoms with Gasteiger partial charge in [0, 0.05) is 23.8 Å². The molecule has 2 aliphatic rings. The molecule has 0 radical (unpaired) electrons. The molecule has 1 N–H and O–H groups in total. The topological polar surface area (TPSA) is 54.2 Å². The summed E-state index contributed by atoms with van der Waals surface area (Å²) in [6.45, 7) is 4.05. The van der Waals surface area contributed by atoms with Gasteiger partial charge in [0.25, 0.3) is 0 Å². The summed E-state index contributed by atoms with van der Waals surface area (Å²) in [5, 5.41) is 17.5. The number of nitrogens with zero attached hydrogens (tertiary/aromatic N) is 2. The Morgan fingerprint density at radius 3 is 2.77 bits per heavy atom. The van der Waals surface area contributed by atoms with Gasteiger partial charge in [-0.05, 0) is 43.5 Å². The Bertz CT molecular complexity index is 664. The van der Waals surface area contributed by atoms with Crippen molar-refractivity contribution in [1.29, 1.82) is 0 Å². The van der Waals surface area contributed by atoms with Crippen molar-refractivity contribution in [2.24, 2.45) is 16.2 Å². The predicted octanol–water partition coefficient (Wildman–Crippen LogP) is 4.41. The maximum atomic E-state index is 9.13. The van der Waals surface area contributed by atoms with E-state index < -0.39 is 0 Å². The fourth-order valence-electron chi connectivity index (χ4n) is 3.07. The summed E-state index contributed by atoms with van der Waals surface area (Å²) in [7, 11) is 0. The lowest BCUT2D eigenvalue weighted by Gasteiger charge is -2.33. The van der Waals surface area contributed by atoms with Crippen molar-refractivity contribution in [3.05, 3.63) is 46.5 Å². The summed E-state index contributed by atoms with van der Waals surface area (Å²) < 4.78 is 0. The Hall–Kier alpha value is -1.81. The van der Waals surface area contributed by atoms with Gasteiger partial charge in [-0.15, -0.1) is 0 Å². The first-order valence-corrected chi connectivity index (χ1v) is 7.78. The molecule has 0 aromatic heterocycles. The molecule has 22 heavy (non-hydrogen) atoms. The Morgan fingerprint density at radius 2 is 2.09 bits per heavy atom. The summed E-state index contributed by atoms with van der Waals surface area (Å²) in [5.74, 6) is 0.246. The highest BCUT2D eigenvalue weighted by atomic mass is 35.5. The van der Waals surface area contributed by atoms with Crippen molar-refractivity contribution in [3.63, 3.8) is 0 Å². The molecule has 0 saturated heterocycles. The Labute approximate surface area is 135 Å². The zero-order chi connectivity index (χ0) is 15.7. The van der Waals surface area contributed by atoms with Crippen LogP contribution in [0.4, 0.5) is 0 Å². The molecular weight excluding hydrogens is 300 g/mol. The van der Waals surface area contributed by atoms with Crippen molar-refractivity contribution < 1.29 is 10.0 Å². The van der Waals surface area contributed by atoms with E-state index in [0.29, 0.717) is 11.4 Å². The van der Waals surface area contributed by atoms with Crippen molar-refractivity contribution in [3.8, 4) is 0 Å². The Morgan fingerprint density at radius 1 is 1.36 bits per heavy atom. The molecule has 2 atom stereocenters. The molecular formula is C17H19ClN2O2. The first kappa shape index (κ1) is 15.1. The number of halogens is 1. The number of oxime groups is 2. The highest BCUT2D eigenvalue weighted by Crippen LogP contribution is 2.40. The van der Waals surface area contributed by atoms with E-state index in [4.69, 9.17) is 21.6 Å². The van der Waals surface area contributed by atoms with Crippen LogP contribution in [0.3, 0.4) is 0 Å². The second-order valence-corrected chi connectivity index (χ2v) is 6.63. The molecule has 4 nitrogen and oxygen atoms in total. The summed E-state index contributed by atoms with van der Waals surface area (Å²) in [5.41, 5.74) is 3.38. The highest BCUT2D eigenvalue weighted by molar-refractivity contribution is 6.30. The van der Waals surface area contributed by atoms with Gasteiger partial charge in [-0.2, -0.15) is 0 Å². The Balaban J connectivity index is 1.76. The van der Waals surface area contributed by atoms with Gasteiger partial charge in [0.15, 0.2) is 0 Å². The lowest BCUT2D eigenvalue weighted by atomic mass is 9.75. The number of hydrogen-bond donors (Lipinski definition) is 1. The molecule has 1 aliphatic heterocycles. The van der Waals surface area contributed by atoms with E-state index in [9.17, 15) is 0 Å². The molecule has 0 fully saturated rings. The van der Waals surface area contributed by atoms with Crippen LogP contribution in [0.5, 0.6) is 0 Å². The molecule has 5 heteroatoms. The number of hydrogen-bond acceptors (Lipinski definition) is 4. The van der Waals surface area contributed by atoms with E-state index >= 15 is 0 Å². The van der Waals surface area contributed by atoms with Crippen LogP contribution in [0, 0.1) is 5.92 Å². The minimum atomic E-state index is -0.373. The highest BCUT2D eigenvalue weighted by Gasteiger charge is 2.43. The summed E-state index contributed by atoms with van der Waals surface area (Å²) in [6.07, 6.45) is 4.46. The minimum absolute atomic E-state index is 0.246. The van der Waals surface area contributed by atoms with E-state index in [1.165, 1.54) is 0 Å². The van der Waals surface area contributed by atoms with Crippen LogP contribution < -0.4 is 0 Å². The van der Waals surface area contributed by atoms with Crippen LogP contribution >= 0.6 is 11.6 Å². The number of rotatable bonds is 2. The fourth-order valence-corrected chi connectivity index (χ4v) is 3.20. The second kappa shape index (κ2) is 5.76. The van der Waals surface area contributed by atoms with E-state index in [1.54, 1.807) is 0 Å². The van der Waals surface area contributed by atoms with E-state index in [-0.39, 0.29) is 11.5 Å². The molecule has 116 valence electrons. The second-order valence-electron chi connectivity index (χ2n) is 6.20. The fraction of sp³-hybridized carbons (Fsp3) is 0.412. The molecule has 1 unspecified atom stereocenters. The van der Waals surface area contributed by atoms with Gasteiger partial charge in [-0.25, -0.2) is 0 Å². The van der Waals surface area contributed by atoms with Crippen LogP contribution in [0.2, 0.25) is 5.02 Å². The summed E-state index contributed by atoms with van der Waals surface area (Å²) in [4.78, 5) is 5.79. The Kier molecular flexibility index (Phi) is 3.96. The van der Waals surface area contributed by atoms with Gasteiger partial charge in [-0.1, -0.05) is 40.1 Å². The maximum absolute atomic E-state index is 9.13. The van der Waals surface area contributed by atoms with Crippen LogP contribution in [-0.2, 0) is 4.84 Å². The smallest absolute Gasteiger partial charge is 0.144 e. The molecule has 1 aromatic carbocycles. The molecule has 0 amide bonds. The van der Waals surface area contributed by atoms with Gasteiger partial charge >= 0.3 is 0 Å². The van der Waals surface area contributed by atoms with Crippen LogP contribution in [-0.4, -0.2) is 22.2 Å². The van der Waals surface area contributed by atoms with Gasteiger partial charge in [-0.3, -0.25) is 0 Å². The van der Waals surface area contributed by atoms with Gasteiger partial charge in [0.2, 0.25) is 0 Å². The van der Waals surface area contributed by atoms with Crippen molar-refractivity contribution in [2.45, 2.75) is 38.7 Å². The third-order valence-corrected chi connectivity index (χ3v) is 4.90. The van der Waals surface area contributed by atoms with Crippen LogP contribution in [0.25, 0.3) is 0 Å². The minimum Gasteiger partial charge on any atom is -0.411 e. The molecule has 1 heterocycles. The zero-order valence-corrected chi connectivity index (χ0v) is 13.5. The first-order valence-electron chi connectivity index (χ1n) is 7.41. The van der Waals surface area contributed by atoms with Gasteiger partial charge < -0.3 is 10.0 Å². The van der Waals surface area contributed by atoms with Crippen molar-refractivity contribution in [2.75, 3.05) is 0 Å². The van der Waals surface area contributed by atoms with Gasteiger partial charge in [0.1, 0.15) is 5.60 Å². The lowest BCUT2D eigenvalue weighted by molar-refractivity contribution is -0.0472. The predicted molar refractivity (Wildman–Crippen MR) is 87.8 cm³/mol. The third-order valence-electron chi connectivity index (χ3n) is 4.65. The average molecular weight is 319 g/mol. The molecule has 0 saturated carbocycles. The van der Waals surface area contributed by atoms with Crippen LogP contribution in [0.1, 0.15) is 38.7 Å². The van der Waals surface area contributed by atoms with Crippen LogP contribution in [0.15, 0.2) is 46.2 Å². The van der Waals surface area contributed by atoms with E-state index in [1.807, 2.05) is 31.2 Å². The van der Waals surface area contributed by atoms with Crippen molar-refractivity contribution in [1.82, 2.24) is 0 Å². The zero-order valence-electron chi connectivity index (χ0n) is 12.7. The van der Waals surface area contributed by atoms with Gasteiger partial charge in [0.05, 0.1) is 11.4 Å². The largest absolute Gasteiger partial charge is 0.411 e. The van der Waals surface area contributed by atoms with Crippen molar-refractivity contribution >= 4 is 23.0 Å². The van der Waals surface area contributed by atoms with E-state index in [2.05, 4.69) is 23.3 Å². The summed E-state index contributed by atoms with van der Waals surface area (Å²) in [6, 6.07) is 7.64. The molecule has 0 bridgehead atoms. The quantitative estimate of drug-likeness (QED) is 0.648. The standard InChI is InChI=1S/C17H19ClN2O2/c1-11-3-6-13(9-15(11)19-21)17(2)10-16(20-22-17)12-4-7-14(18)8-5-12/h3-5,7-8,13,21H,6,9-10H2,1-2H3/b19-15-/t13-,17?/m1/s1. The lowest BCUT2D eigenvalue weighted by Crippen LogP contribution is -2.38. The number of allylic oxidation sites excluding steroid dienone is 2. The molecule has 3 rings (SSSR count). The first-order chi connectivity index (χ1) is 10.5. The SMILES string of the molecule is CC1=CC[C@@H](C2(C)CC(c3ccc(Cl)cc3)=NO2)C/C1=N/O. The van der Waals surface area contributed by atoms with E-state index in [0.717, 1.165) is 35.4 Å². The monoisotopic (exact) mass is 318 g/mol.